The average Bonchev–Trinajstić information content (AvgIpc) is 2.71. The topological polar surface area (TPSA) is 28.7 Å². The van der Waals surface area contributed by atoms with E-state index in [2.05, 4.69) is 32.6 Å². The lowest BCUT2D eigenvalue weighted by Gasteiger charge is -2.01. The SMILES string of the molecule is Fc1cccc(Cl)c1-c1nc2cc(I)ccc2[nH]1. The van der Waals surface area contributed by atoms with Crippen molar-refractivity contribution in [3.05, 3.63) is 50.8 Å². The number of hydrogen-bond acceptors (Lipinski definition) is 1. The Hall–Kier alpha value is -1.14. The summed E-state index contributed by atoms with van der Waals surface area (Å²) in [6.07, 6.45) is 0. The van der Waals surface area contributed by atoms with Crippen molar-refractivity contribution in [1.82, 2.24) is 9.97 Å². The van der Waals surface area contributed by atoms with Crippen LogP contribution in [0.5, 0.6) is 0 Å². The Kier molecular flexibility index (Phi) is 2.99. The van der Waals surface area contributed by atoms with Gasteiger partial charge in [0.1, 0.15) is 11.6 Å². The Balaban J connectivity index is 2.26. The van der Waals surface area contributed by atoms with E-state index in [0.717, 1.165) is 14.6 Å². The third-order valence-corrected chi connectivity index (χ3v) is 3.63. The van der Waals surface area contributed by atoms with E-state index in [9.17, 15) is 4.39 Å². The number of nitrogens with one attached hydrogen (secondary N) is 1. The summed E-state index contributed by atoms with van der Waals surface area (Å²) in [5.41, 5.74) is 1.98. The van der Waals surface area contributed by atoms with Gasteiger partial charge in [0.25, 0.3) is 0 Å². The number of hydrogen-bond donors (Lipinski definition) is 1. The lowest BCUT2D eigenvalue weighted by molar-refractivity contribution is 0.630. The molecule has 0 atom stereocenters. The number of aromatic amines is 1. The first kappa shape index (κ1) is 11.9. The molecule has 0 aliphatic heterocycles. The van der Waals surface area contributed by atoms with Gasteiger partial charge < -0.3 is 4.98 Å². The highest BCUT2D eigenvalue weighted by Crippen LogP contribution is 2.30. The first-order chi connectivity index (χ1) is 8.65. The molecule has 18 heavy (non-hydrogen) atoms. The van der Waals surface area contributed by atoms with Crippen LogP contribution in [0.3, 0.4) is 0 Å². The van der Waals surface area contributed by atoms with Crippen molar-refractivity contribution in [2.24, 2.45) is 0 Å². The van der Waals surface area contributed by atoms with Gasteiger partial charge in [-0.1, -0.05) is 17.7 Å². The van der Waals surface area contributed by atoms with Crippen molar-refractivity contribution >= 4 is 45.2 Å². The van der Waals surface area contributed by atoms with Gasteiger partial charge in [0.05, 0.1) is 21.6 Å². The van der Waals surface area contributed by atoms with E-state index in [-0.39, 0.29) is 5.82 Å². The minimum atomic E-state index is -0.378. The van der Waals surface area contributed by atoms with E-state index >= 15 is 0 Å². The van der Waals surface area contributed by atoms with Crippen molar-refractivity contribution in [3.63, 3.8) is 0 Å². The fraction of sp³-hybridized carbons (Fsp3) is 0. The van der Waals surface area contributed by atoms with Crippen LogP contribution < -0.4 is 0 Å². The zero-order valence-electron chi connectivity index (χ0n) is 9.05. The highest BCUT2D eigenvalue weighted by atomic mass is 127. The van der Waals surface area contributed by atoms with Gasteiger partial charge in [-0.15, -0.1) is 0 Å². The number of fused-ring (bicyclic) bond motifs is 1. The molecule has 2 nitrogen and oxygen atoms in total. The van der Waals surface area contributed by atoms with Gasteiger partial charge >= 0.3 is 0 Å². The molecule has 1 heterocycles. The van der Waals surface area contributed by atoms with E-state index in [1.54, 1.807) is 12.1 Å². The molecule has 2 aromatic carbocycles. The number of rotatable bonds is 1. The average molecular weight is 373 g/mol. The van der Waals surface area contributed by atoms with E-state index in [1.807, 2.05) is 18.2 Å². The Labute approximate surface area is 121 Å². The summed E-state index contributed by atoms with van der Waals surface area (Å²) < 4.78 is 14.9. The molecule has 1 aromatic heterocycles. The van der Waals surface area contributed by atoms with Gasteiger partial charge in [-0.05, 0) is 52.9 Å². The summed E-state index contributed by atoms with van der Waals surface area (Å²) in [7, 11) is 0. The van der Waals surface area contributed by atoms with Crippen molar-refractivity contribution in [1.29, 1.82) is 0 Å². The number of H-pyrrole nitrogens is 1. The predicted molar refractivity (Wildman–Crippen MR) is 79.2 cm³/mol. The maximum atomic E-state index is 13.8. The molecule has 0 radical (unpaired) electrons. The highest BCUT2D eigenvalue weighted by molar-refractivity contribution is 14.1. The lowest BCUT2D eigenvalue weighted by atomic mass is 10.2. The molecule has 3 aromatic rings. The van der Waals surface area contributed by atoms with Gasteiger partial charge in [0, 0.05) is 3.57 Å². The van der Waals surface area contributed by atoms with Crippen LogP contribution in [-0.4, -0.2) is 9.97 Å². The van der Waals surface area contributed by atoms with E-state index in [4.69, 9.17) is 11.6 Å². The number of nitrogens with zero attached hydrogens (tertiary/aromatic N) is 1. The molecule has 0 saturated heterocycles. The van der Waals surface area contributed by atoms with Gasteiger partial charge in [-0.25, -0.2) is 9.37 Å². The van der Waals surface area contributed by atoms with Gasteiger partial charge in [0.2, 0.25) is 0 Å². The Morgan fingerprint density at radius 3 is 2.83 bits per heavy atom. The van der Waals surface area contributed by atoms with Crippen molar-refractivity contribution in [2.75, 3.05) is 0 Å². The second-order valence-electron chi connectivity index (χ2n) is 3.84. The smallest absolute Gasteiger partial charge is 0.142 e. The number of benzene rings is 2. The molecule has 0 aliphatic rings. The number of halogens is 3. The third kappa shape index (κ3) is 1.99. The minimum Gasteiger partial charge on any atom is -0.338 e. The highest BCUT2D eigenvalue weighted by Gasteiger charge is 2.13. The number of aromatic nitrogens is 2. The molecule has 90 valence electrons. The summed E-state index contributed by atoms with van der Waals surface area (Å²) in [5, 5.41) is 0.351. The molecule has 0 spiro atoms. The molecular formula is C13H7ClFIN2. The van der Waals surface area contributed by atoms with Crippen molar-refractivity contribution < 1.29 is 4.39 Å². The maximum absolute atomic E-state index is 13.8. The van der Waals surface area contributed by atoms with Crippen molar-refractivity contribution in [3.8, 4) is 11.4 Å². The standard InChI is InChI=1S/C13H7ClFIN2/c14-8-2-1-3-9(15)12(8)13-17-10-5-4-7(16)6-11(10)18-13/h1-6H,(H,17,18). The van der Waals surface area contributed by atoms with Gasteiger partial charge in [-0.2, -0.15) is 0 Å². The summed E-state index contributed by atoms with van der Waals surface area (Å²) >= 11 is 8.23. The molecule has 5 heteroatoms. The summed E-state index contributed by atoms with van der Waals surface area (Å²) in [5.74, 6) is 0.0753. The summed E-state index contributed by atoms with van der Waals surface area (Å²) in [6, 6.07) is 10.4. The van der Waals surface area contributed by atoms with Crippen LogP contribution in [0.15, 0.2) is 36.4 Å². The first-order valence-corrected chi connectivity index (χ1v) is 6.70. The molecule has 0 amide bonds. The third-order valence-electron chi connectivity index (χ3n) is 2.64. The largest absolute Gasteiger partial charge is 0.338 e. The fourth-order valence-corrected chi connectivity index (χ4v) is 2.55. The molecule has 0 unspecified atom stereocenters. The molecular weight excluding hydrogens is 366 g/mol. The normalized spacial score (nSPS) is 11.1. The molecule has 3 rings (SSSR count). The zero-order valence-corrected chi connectivity index (χ0v) is 12.0. The van der Waals surface area contributed by atoms with Crippen LogP contribution in [0.1, 0.15) is 0 Å². The van der Waals surface area contributed by atoms with E-state index in [0.29, 0.717) is 16.4 Å². The lowest BCUT2D eigenvalue weighted by Crippen LogP contribution is -1.87. The predicted octanol–water partition coefficient (Wildman–Crippen LogP) is 4.63. The summed E-state index contributed by atoms with van der Waals surface area (Å²) in [6.45, 7) is 0. The fourth-order valence-electron chi connectivity index (χ4n) is 1.82. The van der Waals surface area contributed by atoms with E-state index < -0.39 is 0 Å². The molecule has 0 fully saturated rings. The second-order valence-corrected chi connectivity index (χ2v) is 5.50. The quantitative estimate of drug-likeness (QED) is 0.620. The van der Waals surface area contributed by atoms with Crippen LogP contribution in [0.25, 0.3) is 22.4 Å². The minimum absolute atomic E-state index is 0.311. The Morgan fingerprint density at radius 2 is 2.06 bits per heavy atom. The van der Waals surface area contributed by atoms with Crippen LogP contribution >= 0.6 is 34.2 Å². The molecule has 0 bridgehead atoms. The Bertz CT molecular complexity index is 719. The number of imidazole rings is 1. The van der Waals surface area contributed by atoms with E-state index in [1.165, 1.54) is 6.07 Å². The Morgan fingerprint density at radius 1 is 1.22 bits per heavy atom. The molecule has 0 aliphatic carbocycles. The maximum Gasteiger partial charge on any atom is 0.142 e. The van der Waals surface area contributed by atoms with Crippen molar-refractivity contribution in [2.45, 2.75) is 0 Å². The monoisotopic (exact) mass is 372 g/mol. The second kappa shape index (κ2) is 4.51. The van der Waals surface area contributed by atoms with Crippen LogP contribution in [0.2, 0.25) is 5.02 Å². The van der Waals surface area contributed by atoms with Gasteiger partial charge in [-0.3, -0.25) is 0 Å². The molecule has 0 saturated carbocycles. The molecule has 1 N–H and O–H groups in total. The summed E-state index contributed by atoms with van der Waals surface area (Å²) in [4.78, 5) is 7.46. The first-order valence-electron chi connectivity index (χ1n) is 5.25. The van der Waals surface area contributed by atoms with Crippen LogP contribution in [-0.2, 0) is 0 Å². The zero-order chi connectivity index (χ0) is 12.7. The van der Waals surface area contributed by atoms with Crippen LogP contribution in [0, 0.1) is 9.39 Å². The van der Waals surface area contributed by atoms with Gasteiger partial charge in [0.15, 0.2) is 0 Å². The van der Waals surface area contributed by atoms with Crippen LogP contribution in [0.4, 0.5) is 4.39 Å².